The predicted octanol–water partition coefficient (Wildman–Crippen LogP) is 2.55. The number of pyridine rings is 1. The molecule has 11 heteroatoms. The molecule has 140 valence electrons. The van der Waals surface area contributed by atoms with Crippen LogP contribution in [0.15, 0.2) is 41.4 Å². The monoisotopic (exact) mass is 393 g/mol. The van der Waals surface area contributed by atoms with Crippen LogP contribution in [0.3, 0.4) is 0 Å². The summed E-state index contributed by atoms with van der Waals surface area (Å²) in [6.45, 7) is 0.149. The number of nitrogens with one attached hydrogen (secondary N) is 1. The lowest BCUT2D eigenvalue weighted by Crippen LogP contribution is -2.59. The van der Waals surface area contributed by atoms with Crippen molar-refractivity contribution in [1.29, 1.82) is 0 Å². The van der Waals surface area contributed by atoms with Gasteiger partial charge in [-0.15, -0.1) is 0 Å². The summed E-state index contributed by atoms with van der Waals surface area (Å²) >= 11 is 0. The molecule has 5 nitrogen and oxygen atoms in total. The molecular weight excluding hydrogens is 381 g/mol. The van der Waals surface area contributed by atoms with E-state index in [1.54, 1.807) is 0 Å². The molecule has 2 aromatic rings. The Kier molecular flexibility index (Phi) is 4.61. The summed E-state index contributed by atoms with van der Waals surface area (Å²) in [5.74, 6) is -2.00. The van der Waals surface area contributed by atoms with Crippen LogP contribution in [0.1, 0.15) is 5.56 Å². The molecule has 2 heterocycles. The fraction of sp³-hybridized carbons (Fsp3) is 0.267. The van der Waals surface area contributed by atoms with E-state index in [9.17, 15) is 30.4 Å². The molecule has 0 aliphatic carbocycles. The third kappa shape index (κ3) is 3.93. The van der Waals surface area contributed by atoms with Gasteiger partial charge in [0.25, 0.3) is 0 Å². The molecule has 1 aromatic carbocycles. The number of nitrogens with zero attached hydrogens (tertiary/aromatic N) is 2. The number of halogens is 5. The molecule has 1 N–H and O–H groups in total. The average molecular weight is 393 g/mol. The zero-order valence-corrected chi connectivity index (χ0v) is 13.8. The number of hydrogen-bond donors (Lipinski definition) is 1. The van der Waals surface area contributed by atoms with Crippen LogP contribution in [-0.4, -0.2) is 32.5 Å². The second-order valence-corrected chi connectivity index (χ2v) is 7.44. The largest absolute Gasteiger partial charge is 0.416 e. The fourth-order valence-corrected chi connectivity index (χ4v) is 3.74. The standard InChI is InChI=1S/C15H12F5N3O2S/c16-10-4-11(17)6-13(5-10)26(24,25)22-12-7-23(8-12)14-3-9(1-2-21-14)15(18,19)20/h1-6,12,22H,7-8H2. The molecule has 1 aromatic heterocycles. The van der Waals surface area contributed by atoms with E-state index >= 15 is 0 Å². The van der Waals surface area contributed by atoms with E-state index in [1.165, 1.54) is 4.90 Å². The summed E-state index contributed by atoms with van der Waals surface area (Å²) in [5, 5.41) is 0. The lowest BCUT2D eigenvalue weighted by Gasteiger charge is -2.40. The second-order valence-electron chi connectivity index (χ2n) is 5.73. The van der Waals surface area contributed by atoms with Crippen molar-refractivity contribution < 1.29 is 30.4 Å². The van der Waals surface area contributed by atoms with E-state index in [2.05, 4.69) is 9.71 Å². The van der Waals surface area contributed by atoms with Crippen LogP contribution < -0.4 is 9.62 Å². The van der Waals surface area contributed by atoms with Gasteiger partial charge in [0.1, 0.15) is 17.5 Å². The van der Waals surface area contributed by atoms with Crippen LogP contribution in [0.4, 0.5) is 27.8 Å². The van der Waals surface area contributed by atoms with Crippen molar-refractivity contribution in [3.63, 3.8) is 0 Å². The van der Waals surface area contributed by atoms with Gasteiger partial charge in [-0.1, -0.05) is 0 Å². The highest BCUT2D eigenvalue weighted by Crippen LogP contribution is 2.31. The van der Waals surface area contributed by atoms with Gasteiger partial charge in [-0.2, -0.15) is 13.2 Å². The Bertz CT molecular complexity index is 907. The lowest BCUT2D eigenvalue weighted by molar-refractivity contribution is -0.137. The van der Waals surface area contributed by atoms with Gasteiger partial charge in [-0.3, -0.25) is 0 Å². The molecule has 1 saturated heterocycles. The minimum Gasteiger partial charge on any atom is -0.353 e. The molecule has 0 radical (unpaired) electrons. The van der Waals surface area contributed by atoms with E-state index < -0.39 is 44.3 Å². The van der Waals surface area contributed by atoms with Crippen molar-refractivity contribution in [1.82, 2.24) is 9.71 Å². The van der Waals surface area contributed by atoms with Gasteiger partial charge in [-0.25, -0.2) is 26.9 Å². The van der Waals surface area contributed by atoms with Crippen molar-refractivity contribution >= 4 is 15.8 Å². The predicted molar refractivity (Wildman–Crippen MR) is 81.9 cm³/mol. The SMILES string of the molecule is O=S(=O)(NC1CN(c2cc(C(F)(F)F)ccn2)C1)c1cc(F)cc(F)c1. The van der Waals surface area contributed by atoms with Gasteiger partial charge in [0, 0.05) is 25.4 Å². The van der Waals surface area contributed by atoms with E-state index in [0.717, 1.165) is 18.3 Å². The van der Waals surface area contributed by atoms with Crippen LogP contribution in [0.25, 0.3) is 0 Å². The smallest absolute Gasteiger partial charge is 0.353 e. The first kappa shape index (κ1) is 18.5. The molecule has 1 aliphatic heterocycles. The Morgan fingerprint density at radius 3 is 2.27 bits per heavy atom. The number of hydrogen-bond acceptors (Lipinski definition) is 4. The van der Waals surface area contributed by atoms with E-state index in [-0.39, 0.29) is 18.9 Å². The first-order valence-corrected chi connectivity index (χ1v) is 8.79. The quantitative estimate of drug-likeness (QED) is 0.811. The van der Waals surface area contributed by atoms with E-state index in [1.807, 2.05) is 0 Å². The highest BCUT2D eigenvalue weighted by Gasteiger charge is 2.35. The molecule has 0 amide bonds. The Balaban J connectivity index is 1.67. The number of benzene rings is 1. The van der Waals surface area contributed by atoms with Gasteiger partial charge < -0.3 is 4.90 Å². The number of rotatable bonds is 4. The molecular formula is C15H12F5N3O2S. The van der Waals surface area contributed by atoms with Gasteiger partial charge >= 0.3 is 6.18 Å². The maximum absolute atomic E-state index is 13.2. The zero-order chi connectivity index (χ0) is 19.1. The van der Waals surface area contributed by atoms with Gasteiger partial charge in [0.2, 0.25) is 10.0 Å². The molecule has 3 rings (SSSR count). The summed E-state index contributed by atoms with van der Waals surface area (Å²) in [4.78, 5) is 4.73. The van der Waals surface area contributed by atoms with Crippen molar-refractivity contribution in [2.75, 3.05) is 18.0 Å². The average Bonchev–Trinajstić information content (AvgIpc) is 2.49. The number of aromatic nitrogens is 1. The van der Waals surface area contributed by atoms with Crippen molar-refractivity contribution in [3.8, 4) is 0 Å². The molecule has 0 bridgehead atoms. The van der Waals surface area contributed by atoms with Crippen LogP contribution in [0.2, 0.25) is 0 Å². The number of alkyl halides is 3. The lowest BCUT2D eigenvalue weighted by atomic mass is 10.1. The zero-order valence-electron chi connectivity index (χ0n) is 13.0. The summed E-state index contributed by atoms with van der Waals surface area (Å²) in [6, 6.07) is 2.98. The van der Waals surface area contributed by atoms with Gasteiger partial charge in [-0.05, 0) is 24.3 Å². The number of sulfonamides is 1. The molecule has 1 fully saturated rings. The van der Waals surface area contributed by atoms with E-state index in [0.29, 0.717) is 18.2 Å². The minimum absolute atomic E-state index is 0.0621. The van der Waals surface area contributed by atoms with Crippen LogP contribution >= 0.6 is 0 Å². The molecule has 0 unspecified atom stereocenters. The van der Waals surface area contributed by atoms with Crippen LogP contribution in [-0.2, 0) is 16.2 Å². The molecule has 0 spiro atoms. The van der Waals surface area contributed by atoms with Crippen molar-refractivity contribution in [2.24, 2.45) is 0 Å². The summed E-state index contributed by atoms with van der Waals surface area (Å²) in [6.07, 6.45) is -3.49. The molecule has 0 atom stereocenters. The van der Waals surface area contributed by atoms with Crippen LogP contribution in [0, 0.1) is 11.6 Å². The maximum atomic E-state index is 13.2. The Morgan fingerprint density at radius 1 is 1.08 bits per heavy atom. The minimum atomic E-state index is -4.51. The summed E-state index contributed by atoms with van der Waals surface area (Å²) < 4.78 is 91.0. The third-order valence-electron chi connectivity index (χ3n) is 3.75. The number of anilines is 1. The molecule has 26 heavy (non-hydrogen) atoms. The molecule has 1 aliphatic rings. The normalized spacial score (nSPS) is 15.8. The Morgan fingerprint density at radius 2 is 1.69 bits per heavy atom. The van der Waals surface area contributed by atoms with Crippen molar-refractivity contribution in [2.45, 2.75) is 17.1 Å². The first-order chi connectivity index (χ1) is 12.0. The first-order valence-electron chi connectivity index (χ1n) is 7.31. The Hall–Kier alpha value is -2.27. The Labute approximate surface area is 145 Å². The topological polar surface area (TPSA) is 62.3 Å². The van der Waals surface area contributed by atoms with Crippen molar-refractivity contribution in [3.05, 3.63) is 53.7 Å². The third-order valence-corrected chi connectivity index (χ3v) is 5.25. The highest BCUT2D eigenvalue weighted by molar-refractivity contribution is 7.89. The van der Waals surface area contributed by atoms with E-state index in [4.69, 9.17) is 0 Å². The summed E-state index contributed by atoms with van der Waals surface area (Å²) in [5.41, 5.74) is -0.859. The summed E-state index contributed by atoms with van der Waals surface area (Å²) in [7, 11) is -4.16. The highest BCUT2D eigenvalue weighted by atomic mass is 32.2. The fourth-order valence-electron chi connectivity index (χ4n) is 2.48. The van der Waals surface area contributed by atoms with Crippen LogP contribution in [0.5, 0.6) is 0 Å². The molecule has 0 saturated carbocycles. The second kappa shape index (κ2) is 6.47. The maximum Gasteiger partial charge on any atom is 0.416 e. The van der Waals surface area contributed by atoms with Gasteiger partial charge in [0.05, 0.1) is 16.5 Å². The van der Waals surface area contributed by atoms with Gasteiger partial charge in [0.15, 0.2) is 0 Å².